The summed E-state index contributed by atoms with van der Waals surface area (Å²) < 4.78 is 6.75. The molecule has 4 atom stereocenters. The van der Waals surface area contributed by atoms with Gasteiger partial charge in [0.1, 0.15) is 0 Å². The molecule has 2 saturated carbocycles. The maximum absolute atomic E-state index is 4.85. The quantitative estimate of drug-likeness (QED) is 0.646. The van der Waals surface area contributed by atoms with Crippen LogP contribution in [0.5, 0.6) is 0 Å². The third-order valence-electron chi connectivity index (χ3n) is 5.94. The molecular formula is C19H24Zr. The summed E-state index contributed by atoms with van der Waals surface area (Å²) in [6, 6.07) is 0. The zero-order valence-corrected chi connectivity index (χ0v) is 14.7. The summed E-state index contributed by atoms with van der Waals surface area (Å²) >= 11 is -1.59. The Hall–Kier alpha value is -0.287. The van der Waals surface area contributed by atoms with E-state index < -0.39 is 21.3 Å². The molecular weight excluding hydrogens is 319 g/mol. The van der Waals surface area contributed by atoms with Gasteiger partial charge in [0.25, 0.3) is 0 Å². The molecule has 1 heteroatoms. The Morgan fingerprint density at radius 2 is 1.30 bits per heavy atom. The van der Waals surface area contributed by atoms with Crippen molar-refractivity contribution in [3.63, 3.8) is 0 Å². The molecule has 4 aliphatic rings. The summed E-state index contributed by atoms with van der Waals surface area (Å²) in [5, 5.41) is 0. The van der Waals surface area contributed by atoms with E-state index in [1.54, 1.807) is 0 Å². The average Bonchev–Trinajstić information content (AvgIpc) is 3.11. The van der Waals surface area contributed by atoms with Crippen molar-refractivity contribution in [1.82, 2.24) is 0 Å². The molecule has 0 amide bonds. The third kappa shape index (κ3) is 2.17. The first-order valence-electron chi connectivity index (χ1n) is 8.26. The van der Waals surface area contributed by atoms with Gasteiger partial charge in [-0.05, 0) is 0 Å². The van der Waals surface area contributed by atoms with Crippen LogP contribution in [0, 0.1) is 11.8 Å². The second kappa shape index (κ2) is 5.49. The Morgan fingerprint density at radius 3 is 1.80 bits per heavy atom. The number of hydrogen-bond acceptors (Lipinski definition) is 0. The van der Waals surface area contributed by atoms with E-state index in [0.717, 1.165) is 19.1 Å². The van der Waals surface area contributed by atoms with E-state index in [9.17, 15) is 0 Å². The average molecular weight is 344 g/mol. The fourth-order valence-corrected chi connectivity index (χ4v) is 12.4. The summed E-state index contributed by atoms with van der Waals surface area (Å²) in [6.45, 7) is 0. The van der Waals surface area contributed by atoms with Crippen molar-refractivity contribution in [2.45, 2.75) is 45.8 Å². The molecule has 4 rings (SSSR count). The van der Waals surface area contributed by atoms with E-state index in [-0.39, 0.29) is 0 Å². The van der Waals surface area contributed by atoms with Gasteiger partial charge in [-0.2, -0.15) is 0 Å². The van der Waals surface area contributed by atoms with Gasteiger partial charge in [0.2, 0.25) is 0 Å². The Kier molecular flexibility index (Phi) is 3.67. The van der Waals surface area contributed by atoms with Gasteiger partial charge in [0.05, 0.1) is 0 Å². The van der Waals surface area contributed by atoms with E-state index >= 15 is 0 Å². The van der Waals surface area contributed by atoms with E-state index in [4.69, 9.17) is 4.21 Å². The molecule has 4 aliphatic carbocycles. The molecule has 0 aromatic carbocycles. The first-order valence-corrected chi connectivity index (χ1v) is 12.8. The molecule has 0 bridgehead atoms. The molecule has 0 aromatic heterocycles. The third-order valence-corrected chi connectivity index (χ3v) is 13.4. The monoisotopic (exact) mass is 342 g/mol. The molecule has 0 nitrogen and oxygen atoms in total. The first kappa shape index (κ1) is 13.4. The van der Waals surface area contributed by atoms with Crippen molar-refractivity contribution < 1.29 is 21.3 Å². The summed E-state index contributed by atoms with van der Waals surface area (Å²) in [5.41, 5.74) is 3.62. The second-order valence-electron chi connectivity index (χ2n) is 6.89. The minimum absolute atomic E-state index is 0.889. The summed E-state index contributed by atoms with van der Waals surface area (Å²) in [4.78, 5) is 0. The predicted octanol–water partition coefficient (Wildman–Crippen LogP) is 5.21. The first-order chi connectivity index (χ1) is 9.84. The van der Waals surface area contributed by atoms with Crippen LogP contribution in [0.1, 0.15) is 38.5 Å². The minimum atomic E-state index is -1.59. The van der Waals surface area contributed by atoms with E-state index in [1.165, 1.54) is 38.5 Å². The zero-order valence-electron chi connectivity index (χ0n) is 12.2. The van der Waals surface area contributed by atoms with Gasteiger partial charge in [0, 0.05) is 0 Å². The molecule has 0 spiro atoms. The summed E-state index contributed by atoms with van der Waals surface area (Å²) in [7, 11) is 0. The van der Waals surface area contributed by atoms with Crippen molar-refractivity contribution in [3.05, 3.63) is 47.6 Å². The molecule has 104 valence electrons. The van der Waals surface area contributed by atoms with Crippen LogP contribution in [0.2, 0.25) is 7.25 Å². The van der Waals surface area contributed by atoms with Gasteiger partial charge in [-0.15, -0.1) is 0 Å². The zero-order chi connectivity index (χ0) is 13.5. The molecule has 2 fully saturated rings. The van der Waals surface area contributed by atoms with Crippen molar-refractivity contribution in [3.8, 4) is 0 Å². The molecule has 0 N–H and O–H groups in total. The molecule has 0 saturated heterocycles. The number of allylic oxidation sites excluding steroid dienone is 8. The molecule has 0 aliphatic heterocycles. The van der Waals surface area contributed by atoms with Crippen LogP contribution in [-0.4, -0.2) is 4.21 Å². The Bertz CT molecular complexity index is 498. The van der Waals surface area contributed by atoms with Gasteiger partial charge in [0.15, 0.2) is 0 Å². The van der Waals surface area contributed by atoms with E-state index in [0.29, 0.717) is 0 Å². The van der Waals surface area contributed by atoms with E-state index in [1.807, 2.05) is 11.1 Å². The van der Waals surface area contributed by atoms with Crippen LogP contribution in [0.25, 0.3) is 0 Å². The van der Waals surface area contributed by atoms with Gasteiger partial charge >= 0.3 is 131 Å². The number of rotatable bonds is 2. The van der Waals surface area contributed by atoms with Crippen molar-refractivity contribution in [2.75, 3.05) is 0 Å². The molecule has 4 unspecified atom stereocenters. The van der Waals surface area contributed by atoms with Crippen LogP contribution in [-0.2, 0) is 21.3 Å². The van der Waals surface area contributed by atoms with Gasteiger partial charge in [-0.3, -0.25) is 0 Å². The standard InChI is InChI=1S/2C9H11.CH2.Zr/c2*1-2-5-9-7-3-6-8(9)4-1;;/h2*1-2,4,6,9H,3,5,7H2;1H2;. The van der Waals surface area contributed by atoms with Gasteiger partial charge < -0.3 is 0 Å². The van der Waals surface area contributed by atoms with Gasteiger partial charge in [-0.25, -0.2) is 0 Å². The number of fused-ring (bicyclic) bond motifs is 2. The Labute approximate surface area is 130 Å². The summed E-state index contributed by atoms with van der Waals surface area (Å²) in [6.07, 6.45) is 22.7. The Morgan fingerprint density at radius 1 is 0.800 bits per heavy atom. The SMILES string of the molecule is [CH2]=[Zr]([CH]1CCC2CC=CC=C21)[CH]1CCC2CC=CC=C21. The molecule has 0 aromatic rings. The fourth-order valence-electron chi connectivity index (χ4n) is 4.87. The van der Waals surface area contributed by atoms with Crippen LogP contribution in [0.15, 0.2) is 47.6 Å². The fraction of sp³-hybridized carbons (Fsp3) is 0.526. The maximum atomic E-state index is 4.85. The second-order valence-corrected chi connectivity index (χ2v) is 13.1. The van der Waals surface area contributed by atoms with Crippen LogP contribution < -0.4 is 0 Å². The number of hydrogen-bond donors (Lipinski definition) is 0. The van der Waals surface area contributed by atoms with Crippen LogP contribution in [0.3, 0.4) is 0 Å². The van der Waals surface area contributed by atoms with Crippen LogP contribution >= 0.6 is 0 Å². The Balaban J connectivity index is 1.59. The van der Waals surface area contributed by atoms with Crippen molar-refractivity contribution in [1.29, 1.82) is 0 Å². The van der Waals surface area contributed by atoms with Crippen LogP contribution in [0.4, 0.5) is 0 Å². The molecule has 0 radical (unpaired) electrons. The van der Waals surface area contributed by atoms with Crippen molar-refractivity contribution in [2.24, 2.45) is 11.8 Å². The summed E-state index contributed by atoms with van der Waals surface area (Å²) in [5.74, 6) is 1.78. The van der Waals surface area contributed by atoms with E-state index in [2.05, 4.69) is 36.5 Å². The topological polar surface area (TPSA) is 0 Å². The predicted molar refractivity (Wildman–Crippen MR) is 83.7 cm³/mol. The molecule has 20 heavy (non-hydrogen) atoms. The van der Waals surface area contributed by atoms with Crippen molar-refractivity contribution >= 4 is 4.21 Å². The normalized spacial score (nSPS) is 38.2. The van der Waals surface area contributed by atoms with Gasteiger partial charge in [-0.1, -0.05) is 0 Å². The molecule has 0 heterocycles.